The molecule has 0 aliphatic heterocycles. The number of carbonyl (C=O) groups is 1. The number of sulfonamides is 1. The topological polar surface area (TPSA) is 66.5 Å². The second-order valence-electron chi connectivity index (χ2n) is 6.76. The summed E-state index contributed by atoms with van der Waals surface area (Å²) in [6.07, 6.45) is 0. The predicted molar refractivity (Wildman–Crippen MR) is 111 cm³/mol. The Morgan fingerprint density at radius 3 is 2.45 bits per heavy atom. The lowest BCUT2D eigenvalue weighted by atomic mass is 10.1. The number of hydrogen-bond donors (Lipinski definition) is 1. The van der Waals surface area contributed by atoms with Crippen molar-refractivity contribution < 1.29 is 17.6 Å². The molecule has 0 fully saturated rings. The highest BCUT2D eigenvalue weighted by Crippen LogP contribution is 2.19. The fraction of sp³-hybridized carbons (Fsp3) is 0.136. The third kappa shape index (κ3) is 5.00. The summed E-state index contributed by atoms with van der Waals surface area (Å²) in [4.78, 5) is 14.1. The summed E-state index contributed by atoms with van der Waals surface area (Å²) in [5.41, 5.74) is 1.95. The molecule has 29 heavy (non-hydrogen) atoms. The molecule has 0 bridgehead atoms. The molecule has 0 aliphatic carbocycles. The lowest BCUT2D eigenvalue weighted by Crippen LogP contribution is -2.27. The maximum atomic E-state index is 13.8. The molecule has 3 aromatic rings. The van der Waals surface area contributed by atoms with E-state index in [1.54, 1.807) is 43.4 Å². The summed E-state index contributed by atoms with van der Waals surface area (Å²) in [5.74, 6) is -0.799. The minimum Gasteiger partial charge on any atom is -0.337 e. The molecule has 0 heterocycles. The van der Waals surface area contributed by atoms with E-state index in [1.807, 2.05) is 13.0 Å². The van der Waals surface area contributed by atoms with Crippen molar-refractivity contribution in [1.82, 2.24) is 4.90 Å². The van der Waals surface area contributed by atoms with Crippen LogP contribution in [0.15, 0.2) is 77.7 Å². The van der Waals surface area contributed by atoms with Gasteiger partial charge in [0.05, 0.1) is 4.90 Å². The number of carbonyl (C=O) groups excluding carboxylic acids is 1. The smallest absolute Gasteiger partial charge is 0.261 e. The van der Waals surface area contributed by atoms with Gasteiger partial charge in [0, 0.05) is 30.4 Å². The third-order valence-electron chi connectivity index (χ3n) is 4.37. The summed E-state index contributed by atoms with van der Waals surface area (Å²) in [6.45, 7) is 1.94. The lowest BCUT2D eigenvalue weighted by molar-refractivity contribution is 0.0783. The molecule has 1 amide bonds. The summed E-state index contributed by atoms with van der Waals surface area (Å²) >= 11 is 0. The Morgan fingerprint density at radius 2 is 1.72 bits per heavy atom. The molecule has 5 nitrogen and oxygen atoms in total. The van der Waals surface area contributed by atoms with Gasteiger partial charge >= 0.3 is 0 Å². The molecule has 0 atom stereocenters. The molecule has 150 valence electrons. The zero-order valence-electron chi connectivity index (χ0n) is 16.1. The quantitative estimate of drug-likeness (QED) is 0.660. The normalized spacial score (nSPS) is 11.1. The van der Waals surface area contributed by atoms with Gasteiger partial charge in [-0.2, -0.15) is 0 Å². The Labute approximate surface area is 169 Å². The maximum Gasteiger partial charge on any atom is 0.261 e. The van der Waals surface area contributed by atoms with Crippen LogP contribution in [-0.4, -0.2) is 26.3 Å². The number of anilines is 1. The van der Waals surface area contributed by atoms with Gasteiger partial charge in [0.1, 0.15) is 5.82 Å². The van der Waals surface area contributed by atoms with Crippen molar-refractivity contribution in [3.63, 3.8) is 0 Å². The predicted octanol–water partition coefficient (Wildman–Crippen LogP) is 4.21. The van der Waals surface area contributed by atoms with Crippen LogP contribution in [0.3, 0.4) is 0 Å². The van der Waals surface area contributed by atoms with E-state index >= 15 is 0 Å². The van der Waals surface area contributed by atoms with Gasteiger partial charge in [-0.15, -0.1) is 0 Å². The van der Waals surface area contributed by atoms with Crippen LogP contribution in [0.1, 0.15) is 21.5 Å². The van der Waals surface area contributed by atoms with Crippen LogP contribution in [0.25, 0.3) is 0 Å². The standard InChI is InChI=1S/C22H21FN2O3S/c1-16-7-5-10-19(13-16)24-29(27,28)20-11-6-9-17(14-20)22(26)25(2)15-18-8-3-4-12-21(18)23/h3-14,24H,15H2,1-2H3. The number of halogens is 1. The van der Waals surface area contributed by atoms with Crippen LogP contribution in [0.2, 0.25) is 0 Å². The SMILES string of the molecule is Cc1cccc(NS(=O)(=O)c2cccc(C(=O)N(C)Cc3ccccc3F)c2)c1. The molecular weight excluding hydrogens is 391 g/mol. The second kappa shape index (κ2) is 8.45. The number of rotatable bonds is 6. The fourth-order valence-electron chi connectivity index (χ4n) is 2.89. The maximum absolute atomic E-state index is 13.8. The molecule has 0 saturated heterocycles. The van der Waals surface area contributed by atoms with Crippen LogP contribution in [-0.2, 0) is 16.6 Å². The average Bonchev–Trinajstić information content (AvgIpc) is 2.69. The molecule has 7 heteroatoms. The van der Waals surface area contributed by atoms with Crippen LogP contribution in [0, 0.1) is 12.7 Å². The minimum absolute atomic E-state index is 0.0239. The van der Waals surface area contributed by atoms with Crippen LogP contribution >= 0.6 is 0 Å². The van der Waals surface area contributed by atoms with Gasteiger partial charge in [-0.05, 0) is 48.9 Å². The van der Waals surface area contributed by atoms with E-state index in [2.05, 4.69) is 4.72 Å². The molecule has 3 aromatic carbocycles. The minimum atomic E-state index is -3.86. The van der Waals surface area contributed by atoms with Crippen molar-refractivity contribution in [3.8, 4) is 0 Å². The molecule has 0 aliphatic rings. The van der Waals surface area contributed by atoms with Gasteiger partial charge in [0.2, 0.25) is 0 Å². The van der Waals surface area contributed by atoms with Gasteiger partial charge in [-0.1, -0.05) is 36.4 Å². The summed E-state index contributed by atoms with van der Waals surface area (Å²) < 4.78 is 41.8. The number of nitrogens with one attached hydrogen (secondary N) is 1. The van der Waals surface area contributed by atoms with E-state index < -0.39 is 21.7 Å². The van der Waals surface area contributed by atoms with Crippen molar-refractivity contribution in [2.75, 3.05) is 11.8 Å². The highest BCUT2D eigenvalue weighted by atomic mass is 32.2. The summed E-state index contributed by atoms with van der Waals surface area (Å²) in [7, 11) is -2.32. The largest absolute Gasteiger partial charge is 0.337 e. The van der Waals surface area contributed by atoms with Gasteiger partial charge < -0.3 is 4.90 Å². The third-order valence-corrected chi connectivity index (χ3v) is 5.75. The molecule has 0 saturated carbocycles. The Morgan fingerprint density at radius 1 is 1.00 bits per heavy atom. The van der Waals surface area contributed by atoms with Crippen molar-refractivity contribution in [1.29, 1.82) is 0 Å². The Balaban J connectivity index is 1.81. The first-order chi connectivity index (χ1) is 13.8. The first kappa shape index (κ1) is 20.5. The van der Waals surface area contributed by atoms with Crippen molar-refractivity contribution >= 4 is 21.6 Å². The average molecular weight is 412 g/mol. The molecule has 0 spiro atoms. The number of aryl methyl sites for hydroxylation is 1. The van der Waals surface area contributed by atoms with E-state index in [-0.39, 0.29) is 17.0 Å². The zero-order valence-corrected chi connectivity index (χ0v) is 16.9. The molecule has 0 aromatic heterocycles. The van der Waals surface area contributed by atoms with Gasteiger partial charge in [-0.3, -0.25) is 9.52 Å². The highest BCUT2D eigenvalue weighted by molar-refractivity contribution is 7.92. The van der Waals surface area contributed by atoms with Crippen molar-refractivity contribution in [2.24, 2.45) is 0 Å². The lowest BCUT2D eigenvalue weighted by Gasteiger charge is -2.18. The Hall–Kier alpha value is -3.19. The van der Waals surface area contributed by atoms with E-state index in [4.69, 9.17) is 0 Å². The Kier molecular flexibility index (Phi) is 5.98. The molecule has 3 rings (SSSR count). The van der Waals surface area contributed by atoms with E-state index in [9.17, 15) is 17.6 Å². The number of benzene rings is 3. The first-order valence-electron chi connectivity index (χ1n) is 8.95. The number of nitrogens with zero attached hydrogens (tertiary/aromatic N) is 1. The van der Waals surface area contributed by atoms with E-state index in [0.29, 0.717) is 11.3 Å². The molecule has 1 N–H and O–H groups in total. The highest BCUT2D eigenvalue weighted by Gasteiger charge is 2.19. The van der Waals surface area contributed by atoms with E-state index in [0.717, 1.165) is 5.56 Å². The van der Waals surface area contributed by atoms with Crippen LogP contribution in [0.4, 0.5) is 10.1 Å². The molecular formula is C22H21FN2O3S. The second-order valence-corrected chi connectivity index (χ2v) is 8.44. The van der Waals surface area contributed by atoms with Gasteiger partial charge in [0.15, 0.2) is 0 Å². The number of hydrogen-bond acceptors (Lipinski definition) is 3. The first-order valence-corrected chi connectivity index (χ1v) is 10.4. The van der Waals surface area contributed by atoms with Crippen LogP contribution < -0.4 is 4.72 Å². The van der Waals surface area contributed by atoms with E-state index in [1.165, 1.54) is 35.2 Å². The summed E-state index contributed by atoms with van der Waals surface area (Å²) in [6, 6.07) is 19.0. The molecule has 0 radical (unpaired) electrons. The van der Waals surface area contributed by atoms with Crippen molar-refractivity contribution in [2.45, 2.75) is 18.4 Å². The van der Waals surface area contributed by atoms with Gasteiger partial charge in [0.25, 0.3) is 15.9 Å². The summed E-state index contributed by atoms with van der Waals surface area (Å²) in [5, 5.41) is 0. The molecule has 0 unspecified atom stereocenters. The zero-order chi connectivity index (χ0) is 21.0. The van der Waals surface area contributed by atoms with Crippen molar-refractivity contribution in [3.05, 3.63) is 95.3 Å². The number of amides is 1. The van der Waals surface area contributed by atoms with Crippen LogP contribution in [0.5, 0.6) is 0 Å². The fourth-order valence-corrected chi connectivity index (χ4v) is 3.99. The Bertz CT molecular complexity index is 1150. The monoisotopic (exact) mass is 412 g/mol. The van der Waals surface area contributed by atoms with Gasteiger partial charge in [-0.25, -0.2) is 12.8 Å².